The molecule has 0 bridgehead atoms. The molecular formula is C12H22O2. The minimum Gasteiger partial charge on any atom is -0.481 e. The van der Waals surface area contributed by atoms with E-state index in [2.05, 4.69) is 13.5 Å². The van der Waals surface area contributed by atoms with Crippen LogP contribution < -0.4 is 0 Å². The molecule has 1 atom stereocenters. The summed E-state index contributed by atoms with van der Waals surface area (Å²) in [6.07, 6.45) is 7.16. The fraction of sp³-hybridized carbons (Fsp3) is 0.750. The van der Waals surface area contributed by atoms with Crippen molar-refractivity contribution in [3.05, 3.63) is 12.7 Å². The summed E-state index contributed by atoms with van der Waals surface area (Å²) >= 11 is 0. The molecule has 0 fully saturated rings. The third kappa shape index (κ3) is 3.52. The molecule has 0 aliphatic heterocycles. The molecule has 0 aliphatic rings. The minimum atomic E-state index is -0.717. The van der Waals surface area contributed by atoms with Gasteiger partial charge in [0.05, 0.1) is 5.41 Å². The first-order chi connectivity index (χ1) is 6.63. The van der Waals surface area contributed by atoms with Crippen LogP contribution in [0.15, 0.2) is 12.7 Å². The summed E-state index contributed by atoms with van der Waals surface area (Å²) in [4.78, 5) is 11.2. The van der Waals surface area contributed by atoms with E-state index in [0.29, 0.717) is 6.42 Å². The first-order valence-electron chi connectivity index (χ1n) is 5.50. The number of aliphatic carboxylic acids is 1. The summed E-state index contributed by atoms with van der Waals surface area (Å²) in [6, 6.07) is 0. The quantitative estimate of drug-likeness (QED) is 0.477. The molecule has 0 amide bonds. The second-order valence-electron chi connectivity index (χ2n) is 3.87. The monoisotopic (exact) mass is 198 g/mol. The Morgan fingerprint density at radius 3 is 2.29 bits per heavy atom. The van der Waals surface area contributed by atoms with Crippen molar-refractivity contribution in [2.45, 2.75) is 52.4 Å². The summed E-state index contributed by atoms with van der Waals surface area (Å²) in [5.41, 5.74) is -0.677. The van der Waals surface area contributed by atoms with Crippen LogP contribution in [0.1, 0.15) is 52.4 Å². The van der Waals surface area contributed by atoms with E-state index in [9.17, 15) is 9.90 Å². The maximum atomic E-state index is 11.2. The van der Waals surface area contributed by atoms with Crippen LogP contribution in [-0.2, 0) is 4.79 Å². The van der Waals surface area contributed by atoms with Crippen LogP contribution in [0.4, 0.5) is 0 Å². The van der Waals surface area contributed by atoms with E-state index < -0.39 is 11.4 Å². The molecular weight excluding hydrogens is 176 g/mol. The summed E-state index contributed by atoms with van der Waals surface area (Å²) in [6.45, 7) is 7.81. The zero-order valence-electron chi connectivity index (χ0n) is 9.38. The van der Waals surface area contributed by atoms with Gasteiger partial charge in [0, 0.05) is 0 Å². The molecule has 14 heavy (non-hydrogen) atoms. The van der Waals surface area contributed by atoms with Gasteiger partial charge in [-0.2, -0.15) is 0 Å². The highest BCUT2D eigenvalue weighted by atomic mass is 16.4. The molecule has 0 spiro atoms. The Balaban J connectivity index is 4.34. The topological polar surface area (TPSA) is 37.3 Å². The van der Waals surface area contributed by atoms with E-state index in [1.165, 1.54) is 0 Å². The van der Waals surface area contributed by atoms with Crippen LogP contribution in [0.3, 0.4) is 0 Å². The smallest absolute Gasteiger partial charge is 0.313 e. The second-order valence-corrected chi connectivity index (χ2v) is 3.87. The summed E-state index contributed by atoms with van der Waals surface area (Å²) < 4.78 is 0. The molecule has 0 aromatic rings. The van der Waals surface area contributed by atoms with Crippen LogP contribution in [0.2, 0.25) is 0 Å². The van der Waals surface area contributed by atoms with Crippen molar-refractivity contribution in [2.24, 2.45) is 5.41 Å². The molecule has 0 aromatic carbocycles. The Morgan fingerprint density at radius 2 is 1.93 bits per heavy atom. The molecule has 0 rings (SSSR count). The molecule has 1 N–H and O–H groups in total. The van der Waals surface area contributed by atoms with Crippen molar-refractivity contribution in [3.8, 4) is 0 Å². The van der Waals surface area contributed by atoms with Gasteiger partial charge < -0.3 is 5.11 Å². The van der Waals surface area contributed by atoms with Crippen molar-refractivity contribution < 1.29 is 9.90 Å². The number of carboxylic acids is 1. The van der Waals surface area contributed by atoms with Crippen molar-refractivity contribution >= 4 is 5.97 Å². The number of hydrogen-bond donors (Lipinski definition) is 1. The van der Waals surface area contributed by atoms with E-state index in [0.717, 1.165) is 32.1 Å². The number of rotatable bonds is 8. The molecule has 2 heteroatoms. The van der Waals surface area contributed by atoms with Gasteiger partial charge in [0.1, 0.15) is 0 Å². The zero-order chi connectivity index (χ0) is 11.0. The van der Waals surface area contributed by atoms with Gasteiger partial charge >= 0.3 is 5.97 Å². The lowest BCUT2D eigenvalue weighted by atomic mass is 9.79. The maximum Gasteiger partial charge on any atom is 0.313 e. The van der Waals surface area contributed by atoms with E-state index >= 15 is 0 Å². The Morgan fingerprint density at radius 1 is 1.29 bits per heavy atom. The largest absolute Gasteiger partial charge is 0.481 e. The van der Waals surface area contributed by atoms with E-state index in [4.69, 9.17) is 0 Å². The molecule has 1 unspecified atom stereocenters. The highest BCUT2D eigenvalue weighted by Crippen LogP contribution is 2.32. The van der Waals surface area contributed by atoms with Crippen LogP contribution in [0.5, 0.6) is 0 Å². The molecule has 0 heterocycles. The van der Waals surface area contributed by atoms with Crippen LogP contribution in [-0.4, -0.2) is 11.1 Å². The molecule has 0 radical (unpaired) electrons. The lowest BCUT2D eigenvalue weighted by molar-refractivity contribution is -0.146. The summed E-state index contributed by atoms with van der Waals surface area (Å²) in [7, 11) is 0. The van der Waals surface area contributed by atoms with E-state index in [1.807, 2.05) is 6.92 Å². The zero-order valence-corrected chi connectivity index (χ0v) is 9.38. The average molecular weight is 198 g/mol. The lowest BCUT2D eigenvalue weighted by Gasteiger charge is -2.25. The van der Waals surface area contributed by atoms with Crippen molar-refractivity contribution in [1.82, 2.24) is 0 Å². The lowest BCUT2D eigenvalue weighted by Crippen LogP contribution is -2.28. The molecule has 0 aliphatic carbocycles. The minimum absolute atomic E-state index is 0.677. The Kier molecular flexibility index (Phi) is 6.26. The number of carboxylic acid groups (broad SMARTS) is 1. The SMILES string of the molecule is C=CC(CCC)(CCCCC)C(=O)O. The highest BCUT2D eigenvalue weighted by molar-refractivity contribution is 5.76. The standard InChI is InChI=1S/C12H22O2/c1-4-7-8-10-12(6-3,9-5-2)11(13)14/h6H,3-5,7-10H2,1-2H3,(H,13,14). The average Bonchev–Trinajstić information content (AvgIpc) is 2.16. The predicted octanol–water partition coefficient (Wildman–Crippen LogP) is 3.62. The van der Waals surface area contributed by atoms with Crippen molar-refractivity contribution in [1.29, 1.82) is 0 Å². The number of hydrogen-bond acceptors (Lipinski definition) is 1. The fourth-order valence-corrected chi connectivity index (χ4v) is 1.77. The Bertz CT molecular complexity index is 187. The van der Waals surface area contributed by atoms with E-state index in [1.54, 1.807) is 6.08 Å². The normalized spacial score (nSPS) is 14.7. The predicted molar refractivity (Wildman–Crippen MR) is 59.3 cm³/mol. The Labute approximate surface area is 87.0 Å². The fourth-order valence-electron chi connectivity index (χ4n) is 1.77. The molecule has 82 valence electrons. The summed E-state index contributed by atoms with van der Waals surface area (Å²) in [5.74, 6) is -0.717. The van der Waals surface area contributed by atoms with Gasteiger partial charge in [-0.3, -0.25) is 4.79 Å². The third-order valence-corrected chi connectivity index (χ3v) is 2.74. The van der Waals surface area contributed by atoms with Gasteiger partial charge in [-0.05, 0) is 12.8 Å². The maximum absolute atomic E-state index is 11.2. The molecule has 2 nitrogen and oxygen atoms in total. The Hall–Kier alpha value is -0.790. The molecule has 0 aromatic heterocycles. The van der Waals surface area contributed by atoms with Crippen molar-refractivity contribution in [2.75, 3.05) is 0 Å². The van der Waals surface area contributed by atoms with Gasteiger partial charge in [-0.1, -0.05) is 45.6 Å². The number of unbranched alkanes of at least 4 members (excludes halogenated alkanes) is 2. The van der Waals surface area contributed by atoms with Gasteiger partial charge in [0.2, 0.25) is 0 Å². The van der Waals surface area contributed by atoms with Gasteiger partial charge in [-0.25, -0.2) is 0 Å². The van der Waals surface area contributed by atoms with Crippen LogP contribution >= 0.6 is 0 Å². The first kappa shape index (κ1) is 13.2. The van der Waals surface area contributed by atoms with Crippen LogP contribution in [0, 0.1) is 5.41 Å². The van der Waals surface area contributed by atoms with Gasteiger partial charge in [-0.15, -0.1) is 6.58 Å². The third-order valence-electron chi connectivity index (χ3n) is 2.74. The van der Waals surface area contributed by atoms with Gasteiger partial charge in [0.15, 0.2) is 0 Å². The highest BCUT2D eigenvalue weighted by Gasteiger charge is 2.33. The van der Waals surface area contributed by atoms with Crippen LogP contribution in [0.25, 0.3) is 0 Å². The van der Waals surface area contributed by atoms with E-state index in [-0.39, 0.29) is 0 Å². The first-order valence-corrected chi connectivity index (χ1v) is 5.50. The second kappa shape index (κ2) is 6.63. The molecule has 0 saturated carbocycles. The van der Waals surface area contributed by atoms with Gasteiger partial charge in [0.25, 0.3) is 0 Å². The number of carbonyl (C=O) groups is 1. The molecule has 0 saturated heterocycles. The summed E-state index contributed by atoms with van der Waals surface area (Å²) in [5, 5.41) is 9.18. The van der Waals surface area contributed by atoms with Crippen molar-refractivity contribution in [3.63, 3.8) is 0 Å².